The molecule has 1 saturated carbocycles. The minimum absolute atomic E-state index is 0.0847. The molecule has 0 aromatic carbocycles. The largest absolute Gasteiger partial charge is 0.391 e. The molecule has 24 heavy (non-hydrogen) atoms. The average Bonchev–Trinajstić information content (AvgIpc) is 3.17. The average molecular weight is 336 g/mol. The highest BCUT2D eigenvalue weighted by Crippen LogP contribution is 2.27. The van der Waals surface area contributed by atoms with Gasteiger partial charge in [0.05, 0.1) is 18.2 Å². The molecule has 134 valence electrons. The summed E-state index contributed by atoms with van der Waals surface area (Å²) in [7, 11) is 2.10. The van der Waals surface area contributed by atoms with Crippen molar-refractivity contribution in [1.82, 2.24) is 20.0 Å². The van der Waals surface area contributed by atoms with Crippen LogP contribution in [0.25, 0.3) is 0 Å². The maximum Gasteiger partial charge on any atom is 0.246 e. The van der Waals surface area contributed by atoms with Crippen LogP contribution in [0.5, 0.6) is 0 Å². The first-order valence-electron chi connectivity index (χ1n) is 8.85. The lowest BCUT2D eigenvalue weighted by Gasteiger charge is -2.28. The van der Waals surface area contributed by atoms with E-state index in [1.165, 1.54) is 0 Å². The van der Waals surface area contributed by atoms with Gasteiger partial charge in [0.2, 0.25) is 5.91 Å². The lowest BCUT2D eigenvalue weighted by molar-refractivity contribution is -0.130. The number of aliphatic hydroxyl groups is 1. The third-order valence-electron chi connectivity index (χ3n) is 5.09. The Morgan fingerprint density at radius 2 is 2.17 bits per heavy atom. The molecule has 1 saturated heterocycles. The van der Waals surface area contributed by atoms with Crippen LogP contribution < -0.4 is 5.32 Å². The Hall–Kier alpha value is -1.44. The SMILES string of the molecule is CN1CCC(OCC(=O)N[C@@H]2CC(Cn3cccn3)C[C@H]2O)CC1. The van der Waals surface area contributed by atoms with E-state index in [2.05, 4.69) is 22.4 Å². The predicted octanol–water partition coefficient (Wildman–Crippen LogP) is 0.250. The summed E-state index contributed by atoms with van der Waals surface area (Å²) in [6.45, 7) is 2.90. The van der Waals surface area contributed by atoms with Crippen molar-refractivity contribution in [2.24, 2.45) is 5.92 Å². The third kappa shape index (κ3) is 4.78. The van der Waals surface area contributed by atoms with E-state index in [1.54, 1.807) is 6.20 Å². The Balaban J connectivity index is 1.38. The Morgan fingerprint density at radius 3 is 2.88 bits per heavy atom. The number of aromatic nitrogens is 2. The van der Waals surface area contributed by atoms with E-state index in [0.717, 1.165) is 38.9 Å². The molecule has 1 aliphatic heterocycles. The van der Waals surface area contributed by atoms with Gasteiger partial charge in [0.15, 0.2) is 0 Å². The second kappa shape index (κ2) is 8.09. The number of ether oxygens (including phenoxy) is 1. The topological polar surface area (TPSA) is 79.6 Å². The summed E-state index contributed by atoms with van der Waals surface area (Å²) < 4.78 is 7.60. The van der Waals surface area contributed by atoms with Gasteiger partial charge >= 0.3 is 0 Å². The van der Waals surface area contributed by atoms with Crippen molar-refractivity contribution in [3.05, 3.63) is 18.5 Å². The maximum absolute atomic E-state index is 12.1. The standard InChI is InChI=1S/C17H28N4O3/c1-20-7-3-14(4-8-20)24-12-17(23)19-15-9-13(10-16(15)22)11-21-6-2-5-18-21/h2,5-6,13-16,22H,3-4,7-12H2,1H3,(H,19,23)/t13?,15-,16-/m1/s1. The Bertz CT molecular complexity index is 514. The predicted molar refractivity (Wildman–Crippen MR) is 89.4 cm³/mol. The molecule has 1 aromatic rings. The molecule has 3 rings (SSSR count). The summed E-state index contributed by atoms with van der Waals surface area (Å²) in [5, 5.41) is 17.3. The van der Waals surface area contributed by atoms with E-state index >= 15 is 0 Å². The Morgan fingerprint density at radius 1 is 1.38 bits per heavy atom. The van der Waals surface area contributed by atoms with Crippen molar-refractivity contribution >= 4 is 5.91 Å². The van der Waals surface area contributed by atoms with Gasteiger partial charge in [-0.25, -0.2) is 0 Å². The first-order chi connectivity index (χ1) is 11.6. The van der Waals surface area contributed by atoms with Gasteiger partial charge in [-0.3, -0.25) is 9.48 Å². The number of carbonyl (C=O) groups excluding carboxylic acids is 1. The van der Waals surface area contributed by atoms with Gasteiger partial charge < -0.3 is 20.1 Å². The second-order valence-corrected chi connectivity index (χ2v) is 7.12. The molecule has 2 aliphatic rings. The first-order valence-corrected chi connectivity index (χ1v) is 8.85. The first kappa shape index (κ1) is 17.4. The fraction of sp³-hybridized carbons (Fsp3) is 0.765. The minimum atomic E-state index is -0.488. The van der Waals surface area contributed by atoms with Crippen molar-refractivity contribution in [1.29, 1.82) is 0 Å². The van der Waals surface area contributed by atoms with Crippen LogP contribution in [-0.4, -0.2) is 70.7 Å². The molecule has 1 aromatic heterocycles. The summed E-state index contributed by atoms with van der Waals surface area (Å²) in [5.74, 6) is 0.206. The number of rotatable bonds is 6. The van der Waals surface area contributed by atoms with Crippen LogP contribution in [0.2, 0.25) is 0 Å². The van der Waals surface area contributed by atoms with E-state index < -0.39 is 6.10 Å². The van der Waals surface area contributed by atoms with Crippen LogP contribution in [0, 0.1) is 5.92 Å². The fourth-order valence-corrected chi connectivity index (χ4v) is 3.69. The number of hydrogen-bond acceptors (Lipinski definition) is 5. The highest BCUT2D eigenvalue weighted by Gasteiger charge is 2.34. The fourth-order valence-electron chi connectivity index (χ4n) is 3.69. The van der Waals surface area contributed by atoms with Crippen molar-refractivity contribution in [3.63, 3.8) is 0 Å². The zero-order valence-electron chi connectivity index (χ0n) is 14.3. The van der Waals surface area contributed by atoms with Gasteiger partial charge in [0.1, 0.15) is 6.61 Å². The van der Waals surface area contributed by atoms with Crippen molar-refractivity contribution in [2.75, 3.05) is 26.7 Å². The molecule has 3 atom stereocenters. The quantitative estimate of drug-likeness (QED) is 0.778. The van der Waals surface area contributed by atoms with Gasteiger partial charge in [-0.1, -0.05) is 0 Å². The van der Waals surface area contributed by atoms with E-state index in [0.29, 0.717) is 12.3 Å². The van der Waals surface area contributed by atoms with E-state index in [4.69, 9.17) is 4.74 Å². The van der Waals surface area contributed by atoms with Crippen LogP contribution >= 0.6 is 0 Å². The summed E-state index contributed by atoms with van der Waals surface area (Å²) in [6.07, 6.45) is 6.79. The van der Waals surface area contributed by atoms with Crippen LogP contribution in [0.1, 0.15) is 25.7 Å². The molecule has 2 fully saturated rings. The molecule has 2 N–H and O–H groups in total. The summed E-state index contributed by atoms with van der Waals surface area (Å²) >= 11 is 0. The molecule has 0 radical (unpaired) electrons. The molecule has 1 unspecified atom stereocenters. The monoisotopic (exact) mass is 336 g/mol. The molecule has 0 bridgehead atoms. The normalized spacial score (nSPS) is 29.0. The van der Waals surface area contributed by atoms with Crippen LogP contribution in [-0.2, 0) is 16.1 Å². The Kier molecular flexibility index (Phi) is 5.86. The molecule has 7 nitrogen and oxygen atoms in total. The van der Waals surface area contributed by atoms with Gasteiger partial charge in [-0.05, 0) is 44.7 Å². The van der Waals surface area contributed by atoms with Crippen LogP contribution in [0.15, 0.2) is 18.5 Å². The number of nitrogens with one attached hydrogen (secondary N) is 1. The highest BCUT2D eigenvalue weighted by molar-refractivity contribution is 5.77. The Labute approximate surface area is 143 Å². The van der Waals surface area contributed by atoms with E-state index in [1.807, 2.05) is 16.9 Å². The van der Waals surface area contributed by atoms with Gasteiger partial charge in [0.25, 0.3) is 0 Å². The van der Waals surface area contributed by atoms with E-state index in [-0.39, 0.29) is 24.7 Å². The zero-order valence-corrected chi connectivity index (χ0v) is 14.3. The third-order valence-corrected chi connectivity index (χ3v) is 5.09. The smallest absolute Gasteiger partial charge is 0.246 e. The van der Waals surface area contributed by atoms with Gasteiger partial charge in [-0.15, -0.1) is 0 Å². The van der Waals surface area contributed by atoms with Crippen molar-refractivity contribution in [2.45, 2.75) is 50.5 Å². The molecule has 7 heteroatoms. The van der Waals surface area contributed by atoms with Crippen molar-refractivity contribution in [3.8, 4) is 0 Å². The number of likely N-dealkylation sites (tertiary alicyclic amines) is 1. The lowest BCUT2D eigenvalue weighted by Crippen LogP contribution is -2.43. The molecular formula is C17H28N4O3. The summed E-state index contributed by atoms with van der Waals surface area (Å²) in [4.78, 5) is 14.4. The summed E-state index contributed by atoms with van der Waals surface area (Å²) in [6, 6.07) is 1.71. The summed E-state index contributed by atoms with van der Waals surface area (Å²) in [5.41, 5.74) is 0. The maximum atomic E-state index is 12.1. The number of amides is 1. The second-order valence-electron chi connectivity index (χ2n) is 7.12. The molecule has 0 spiro atoms. The zero-order chi connectivity index (χ0) is 16.9. The molecule has 2 heterocycles. The van der Waals surface area contributed by atoms with Crippen molar-refractivity contribution < 1.29 is 14.6 Å². The van der Waals surface area contributed by atoms with Gasteiger partial charge in [-0.2, -0.15) is 5.10 Å². The lowest BCUT2D eigenvalue weighted by atomic mass is 10.1. The number of hydrogen-bond donors (Lipinski definition) is 2. The number of piperidine rings is 1. The number of carbonyl (C=O) groups is 1. The molecule has 1 amide bonds. The van der Waals surface area contributed by atoms with Crippen LogP contribution in [0.3, 0.4) is 0 Å². The van der Waals surface area contributed by atoms with Gasteiger partial charge in [0, 0.05) is 32.0 Å². The molecular weight excluding hydrogens is 308 g/mol. The highest BCUT2D eigenvalue weighted by atomic mass is 16.5. The number of nitrogens with zero attached hydrogens (tertiary/aromatic N) is 3. The van der Waals surface area contributed by atoms with Crippen LogP contribution in [0.4, 0.5) is 0 Å². The van der Waals surface area contributed by atoms with E-state index in [9.17, 15) is 9.90 Å². The minimum Gasteiger partial charge on any atom is -0.391 e. The molecule has 1 aliphatic carbocycles. The number of aliphatic hydroxyl groups excluding tert-OH is 1.